The van der Waals surface area contributed by atoms with Crippen LogP contribution in [0.1, 0.15) is 18.1 Å². The second-order valence-corrected chi connectivity index (χ2v) is 5.80. The van der Waals surface area contributed by atoms with Gasteiger partial charge >= 0.3 is 6.18 Å². The first kappa shape index (κ1) is 16.6. The van der Waals surface area contributed by atoms with Crippen molar-refractivity contribution in [2.75, 3.05) is 12.9 Å². The van der Waals surface area contributed by atoms with Gasteiger partial charge in [-0.1, -0.05) is 13.0 Å². The van der Waals surface area contributed by atoms with Gasteiger partial charge in [0.05, 0.1) is 18.4 Å². The molecule has 1 aromatic carbocycles. The maximum absolute atomic E-state index is 12.9. The third-order valence-electron chi connectivity index (χ3n) is 3.10. The Hall–Kier alpha value is -1.76. The molecule has 0 atom stereocenters. The summed E-state index contributed by atoms with van der Waals surface area (Å²) in [5.74, 6) is 1.08. The number of nitrogens with zero attached hydrogens (tertiary/aromatic N) is 2. The lowest BCUT2D eigenvalue weighted by molar-refractivity contribution is -0.137. The van der Waals surface area contributed by atoms with E-state index in [1.165, 1.54) is 31.3 Å². The van der Waals surface area contributed by atoms with E-state index in [1.807, 2.05) is 6.92 Å². The zero-order valence-corrected chi connectivity index (χ0v) is 13.2. The molecule has 0 radical (unpaired) electrons. The van der Waals surface area contributed by atoms with Gasteiger partial charge in [0.15, 0.2) is 0 Å². The largest absolute Gasteiger partial charge is 0.481 e. The molecule has 1 aromatic heterocycles. The van der Waals surface area contributed by atoms with Crippen LogP contribution in [0.4, 0.5) is 13.2 Å². The van der Waals surface area contributed by atoms with Crippen LogP contribution in [0, 0.1) is 6.92 Å². The first-order chi connectivity index (χ1) is 10.4. The highest BCUT2D eigenvalue weighted by atomic mass is 32.2. The number of hydrogen-bond donors (Lipinski definition) is 0. The molecule has 7 heteroatoms. The molecule has 0 N–H and O–H groups in total. The first-order valence-electron chi connectivity index (χ1n) is 6.58. The minimum Gasteiger partial charge on any atom is -0.481 e. The molecular weight excluding hydrogens is 313 g/mol. The van der Waals surface area contributed by atoms with Gasteiger partial charge in [-0.15, -0.1) is 11.8 Å². The number of thioether (sulfide) groups is 1. The van der Waals surface area contributed by atoms with Gasteiger partial charge in [-0.25, -0.2) is 9.97 Å². The molecule has 2 aromatic rings. The van der Waals surface area contributed by atoms with E-state index in [0.717, 1.165) is 12.1 Å². The molecule has 118 valence electrons. The SMILES string of the molecule is CCSc1cc(C(F)(F)F)ccc1-c1ncnc(OC)c1C. The summed E-state index contributed by atoms with van der Waals surface area (Å²) in [4.78, 5) is 8.74. The van der Waals surface area contributed by atoms with Crippen molar-refractivity contribution in [2.24, 2.45) is 0 Å². The number of aromatic nitrogens is 2. The number of hydrogen-bond acceptors (Lipinski definition) is 4. The zero-order chi connectivity index (χ0) is 16.3. The Morgan fingerprint density at radius 1 is 1.23 bits per heavy atom. The van der Waals surface area contributed by atoms with Gasteiger partial charge in [-0.3, -0.25) is 0 Å². The van der Waals surface area contributed by atoms with E-state index in [9.17, 15) is 13.2 Å². The van der Waals surface area contributed by atoms with Crippen molar-refractivity contribution in [1.29, 1.82) is 0 Å². The summed E-state index contributed by atoms with van der Waals surface area (Å²) in [5.41, 5.74) is 1.27. The molecule has 1 heterocycles. The molecule has 2 rings (SSSR count). The van der Waals surface area contributed by atoms with Crippen molar-refractivity contribution in [3.8, 4) is 17.1 Å². The first-order valence-corrected chi connectivity index (χ1v) is 7.57. The van der Waals surface area contributed by atoms with Crippen LogP contribution in [0.5, 0.6) is 5.88 Å². The normalized spacial score (nSPS) is 11.5. The van der Waals surface area contributed by atoms with Crippen molar-refractivity contribution >= 4 is 11.8 Å². The smallest absolute Gasteiger partial charge is 0.416 e. The maximum Gasteiger partial charge on any atom is 0.416 e. The van der Waals surface area contributed by atoms with Crippen LogP contribution in [0.25, 0.3) is 11.3 Å². The molecule has 0 saturated heterocycles. The lowest BCUT2D eigenvalue weighted by atomic mass is 10.1. The third-order valence-corrected chi connectivity index (χ3v) is 4.03. The molecule has 0 saturated carbocycles. The van der Waals surface area contributed by atoms with Gasteiger partial charge in [0.25, 0.3) is 0 Å². The molecule has 0 aliphatic rings. The fraction of sp³-hybridized carbons (Fsp3) is 0.333. The van der Waals surface area contributed by atoms with E-state index in [0.29, 0.717) is 33.3 Å². The average Bonchev–Trinajstić information content (AvgIpc) is 2.47. The number of ether oxygens (including phenoxy) is 1. The fourth-order valence-corrected chi connectivity index (χ4v) is 2.92. The maximum atomic E-state index is 12.9. The molecule has 0 fully saturated rings. The van der Waals surface area contributed by atoms with E-state index >= 15 is 0 Å². The Bertz CT molecular complexity index is 674. The predicted molar refractivity (Wildman–Crippen MR) is 80.2 cm³/mol. The molecule has 0 aliphatic carbocycles. The van der Waals surface area contributed by atoms with Gasteiger partial charge < -0.3 is 4.74 Å². The van der Waals surface area contributed by atoms with Gasteiger partial charge in [0.2, 0.25) is 5.88 Å². The Morgan fingerprint density at radius 3 is 2.55 bits per heavy atom. The van der Waals surface area contributed by atoms with Gasteiger partial charge in [-0.2, -0.15) is 13.2 Å². The molecule has 0 unspecified atom stereocenters. The van der Waals surface area contributed by atoms with Crippen LogP contribution >= 0.6 is 11.8 Å². The summed E-state index contributed by atoms with van der Waals surface area (Å²) in [6.07, 6.45) is -3.01. The second-order valence-electron chi connectivity index (χ2n) is 4.50. The van der Waals surface area contributed by atoms with Crippen molar-refractivity contribution in [1.82, 2.24) is 9.97 Å². The topological polar surface area (TPSA) is 35.0 Å². The number of benzene rings is 1. The lowest BCUT2D eigenvalue weighted by Crippen LogP contribution is -2.05. The number of rotatable bonds is 4. The highest BCUT2D eigenvalue weighted by Gasteiger charge is 2.31. The van der Waals surface area contributed by atoms with Crippen LogP contribution in [0.15, 0.2) is 29.4 Å². The average molecular weight is 328 g/mol. The predicted octanol–water partition coefficient (Wildman–Crippen LogP) is 4.59. The zero-order valence-electron chi connectivity index (χ0n) is 12.4. The van der Waals surface area contributed by atoms with E-state index in [-0.39, 0.29) is 0 Å². The molecule has 0 bridgehead atoms. The van der Waals surface area contributed by atoms with E-state index in [2.05, 4.69) is 9.97 Å². The number of halogens is 3. The molecule has 0 amide bonds. The molecule has 22 heavy (non-hydrogen) atoms. The summed E-state index contributed by atoms with van der Waals surface area (Å²) >= 11 is 1.35. The Balaban J connectivity index is 2.60. The van der Waals surface area contributed by atoms with Crippen molar-refractivity contribution in [3.63, 3.8) is 0 Å². The Kier molecular flexibility index (Phi) is 4.95. The van der Waals surface area contributed by atoms with Crippen molar-refractivity contribution in [2.45, 2.75) is 24.9 Å². The van der Waals surface area contributed by atoms with Crippen LogP contribution in [-0.4, -0.2) is 22.8 Å². The highest BCUT2D eigenvalue weighted by molar-refractivity contribution is 7.99. The summed E-state index contributed by atoms with van der Waals surface area (Å²) in [6.45, 7) is 3.67. The van der Waals surface area contributed by atoms with E-state index < -0.39 is 11.7 Å². The van der Waals surface area contributed by atoms with Crippen LogP contribution in [0.2, 0.25) is 0 Å². The summed E-state index contributed by atoms with van der Waals surface area (Å²) < 4.78 is 43.8. The summed E-state index contributed by atoms with van der Waals surface area (Å²) in [6, 6.07) is 3.69. The summed E-state index contributed by atoms with van der Waals surface area (Å²) in [7, 11) is 1.49. The monoisotopic (exact) mass is 328 g/mol. The van der Waals surface area contributed by atoms with Gasteiger partial charge in [0, 0.05) is 16.0 Å². The quantitative estimate of drug-likeness (QED) is 0.769. The lowest BCUT2D eigenvalue weighted by Gasteiger charge is -2.14. The second kappa shape index (κ2) is 6.56. The van der Waals surface area contributed by atoms with E-state index in [1.54, 1.807) is 6.92 Å². The van der Waals surface area contributed by atoms with E-state index in [4.69, 9.17) is 4.74 Å². The van der Waals surface area contributed by atoms with Crippen LogP contribution in [0.3, 0.4) is 0 Å². The Morgan fingerprint density at radius 2 is 1.95 bits per heavy atom. The Labute approximate surface area is 130 Å². The van der Waals surface area contributed by atoms with Crippen LogP contribution < -0.4 is 4.74 Å². The van der Waals surface area contributed by atoms with Gasteiger partial charge in [-0.05, 0) is 24.8 Å². The fourth-order valence-electron chi connectivity index (χ4n) is 2.08. The highest BCUT2D eigenvalue weighted by Crippen LogP contribution is 2.38. The van der Waals surface area contributed by atoms with Crippen molar-refractivity contribution in [3.05, 3.63) is 35.7 Å². The molecule has 0 aliphatic heterocycles. The van der Waals surface area contributed by atoms with Crippen LogP contribution in [-0.2, 0) is 6.18 Å². The molecule has 0 spiro atoms. The van der Waals surface area contributed by atoms with Crippen molar-refractivity contribution < 1.29 is 17.9 Å². The standard InChI is InChI=1S/C15H15F3N2OS/c1-4-22-12-7-10(15(16,17)18)5-6-11(12)13-9(2)14(21-3)20-8-19-13/h5-8H,4H2,1-3H3. The number of methoxy groups -OCH3 is 1. The minimum absolute atomic E-state index is 0.414. The summed E-state index contributed by atoms with van der Waals surface area (Å²) in [5, 5.41) is 0. The molecular formula is C15H15F3N2OS. The minimum atomic E-state index is -4.36. The molecule has 3 nitrogen and oxygen atoms in total. The third kappa shape index (κ3) is 3.35. The van der Waals surface area contributed by atoms with Gasteiger partial charge in [0.1, 0.15) is 6.33 Å². The number of alkyl halides is 3.